The molecule has 0 spiro atoms. The molecule has 1 unspecified atom stereocenters. The first-order valence-electron chi connectivity index (χ1n) is 4.70. The number of aliphatic carboxylic acids is 2. The van der Waals surface area contributed by atoms with E-state index in [1.807, 2.05) is 6.92 Å². The van der Waals surface area contributed by atoms with E-state index in [1.54, 1.807) is 0 Å². The number of hydrogen-bond acceptors (Lipinski definition) is 3. The molecule has 82 valence electrons. The van der Waals surface area contributed by atoms with Gasteiger partial charge in [-0.3, -0.25) is 9.59 Å². The minimum absolute atomic E-state index is 0.00463. The Balaban J connectivity index is 4.08. The Kier molecular flexibility index (Phi) is 5.87. The highest BCUT2D eigenvalue weighted by molar-refractivity contribution is 5.75. The van der Waals surface area contributed by atoms with Crippen molar-refractivity contribution in [2.75, 3.05) is 0 Å². The van der Waals surface area contributed by atoms with Crippen molar-refractivity contribution in [3.63, 3.8) is 0 Å². The molecule has 4 N–H and O–H groups in total. The van der Waals surface area contributed by atoms with Gasteiger partial charge in [-0.05, 0) is 12.8 Å². The van der Waals surface area contributed by atoms with Crippen LogP contribution in [0.15, 0.2) is 0 Å². The van der Waals surface area contributed by atoms with Crippen LogP contribution in [0.4, 0.5) is 0 Å². The van der Waals surface area contributed by atoms with Crippen molar-refractivity contribution in [1.82, 2.24) is 0 Å². The molecule has 5 heteroatoms. The highest BCUT2D eigenvalue weighted by atomic mass is 16.4. The zero-order chi connectivity index (χ0) is 11.1. The first-order valence-corrected chi connectivity index (χ1v) is 4.70. The van der Waals surface area contributed by atoms with Gasteiger partial charge >= 0.3 is 11.9 Å². The van der Waals surface area contributed by atoms with E-state index >= 15 is 0 Å². The Morgan fingerprint density at radius 3 is 2.21 bits per heavy atom. The molecule has 0 heterocycles. The Morgan fingerprint density at radius 1 is 1.29 bits per heavy atom. The van der Waals surface area contributed by atoms with Gasteiger partial charge in [-0.15, -0.1) is 0 Å². The number of carbonyl (C=O) groups is 2. The van der Waals surface area contributed by atoms with Crippen molar-refractivity contribution in [3.8, 4) is 0 Å². The van der Waals surface area contributed by atoms with Crippen LogP contribution in [0.1, 0.15) is 32.6 Å². The number of carboxylic acids is 2. The van der Waals surface area contributed by atoms with Gasteiger partial charge in [0.25, 0.3) is 0 Å². The van der Waals surface area contributed by atoms with E-state index in [0.717, 1.165) is 12.8 Å². The molecule has 0 rings (SSSR count). The van der Waals surface area contributed by atoms with Crippen molar-refractivity contribution in [1.29, 1.82) is 0 Å². The SMILES string of the molecule is CCCCC(C[C@@H](N)C(=O)O)C(=O)O. The quantitative estimate of drug-likeness (QED) is 0.564. The van der Waals surface area contributed by atoms with Crippen LogP contribution in [0.5, 0.6) is 0 Å². The third-order valence-electron chi connectivity index (χ3n) is 2.11. The molecule has 0 radical (unpaired) electrons. The predicted molar refractivity (Wildman–Crippen MR) is 50.9 cm³/mol. The van der Waals surface area contributed by atoms with Crippen LogP contribution in [0.3, 0.4) is 0 Å². The number of carboxylic acid groups (broad SMARTS) is 2. The average Bonchev–Trinajstić information content (AvgIpc) is 2.10. The molecule has 5 nitrogen and oxygen atoms in total. The second-order valence-corrected chi connectivity index (χ2v) is 3.36. The molecule has 14 heavy (non-hydrogen) atoms. The van der Waals surface area contributed by atoms with E-state index in [9.17, 15) is 9.59 Å². The molecule has 0 bridgehead atoms. The number of rotatable bonds is 7. The molecule has 2 atom stereocenters. The summed E-state index contributed by atoms with van der Waals surface area (Å²) in [7, 11) is 0. The minimum Gasteiger partial charge on any atom is -0.481 e. The van der Waals surface area contributed by atoms with Gasteiger partial charge in [0.2, 0.25) is 0 Å². The summed E-state index contributed by atoms with van der Waals surface area (Å²) in [5.74, 6) is -2.75. The molecule has 0 saturated heterocycles. The summed E-state index contributed by atoms with van der Waals surface area (Å²) in [6.07, 6.45) is 2.17. The summed E-state index contributed by atoms with van der Waals surface area (Å²) in [4.78, 5) is 21.1. The molecule has 0 fully saturated rings. The molecule has 0 amide bonds. The molecular formula is C9H17NO4. The van der Waals surface area contributed by atoms with Gasteiger partial charge in [0.15, 0.2) is 0 Å². The lowest BCUT2D eigenvalue weighted by atomic mass is 9.95. The number of nitrogens with two attached hydrogens (primary N) is 1. The van der Waals surface area contributed by atoms with Crippen LogP contribution < -0.4 is 5.73 Å². The van der Waals surface area contributed by atoms with Gasteiger partial charge in [0, 0.05) is 0 Å². The summed E-state index contributed by atoms with van der Waals surface area (Å²) in [6, 6.07) is -1.08. The summed E-state index contributed by atoms with van der Waals surface area (Å²) < 4.78 is 0. The number of unbranched alkanes of at least 4 members (excludes halogenated alkanes) is 1. The first-order chi connectivity index (χ1) is 6.49. The molecular weight excluding hydrogens is 186 g/mol. The second kappa shape index (κ2) is 6.37. The van der Waals surface area contributed by atoms with Crippen LogP contribution in [-0.2, 0) is 9.59 Å². The second-order valence-electron chi connectivity index (χ2n) is 3.36. The van der Waals surface area contributed by atoms with Crippen LogP contribution in [0.25, 0.3) is 0 Å². The fraction of sp³-hybridized carbons (Fsp3) is 0.778. The van der Waals surface area contributed by atoms with Crippen molar-refractivity contribution in [2.45, 2.75) is 38.6 Å². The Labute approximate surface area is 82.9 Å². The zero-order valence-corrected chi connectivity index (χ0v) is 8.27. The lowest BCUT2D eigenvalue weighted by Gasteiger charge is -2.13. The molecule has 0 aliphatic rings. The largest absolute Gasteiger partial charge is 0.481 e. The smallest absolute Gasteiger partial charge is 0.320 e. The molecule has 0 saturated carbocycles. The van der Waals surface area contributed by atoms with Gasteiger partial charge in [-0.2, -0.15) is 0 Å². The Bertz CT molecular complexity index is 205. The molecule has 0 aromatic rings. The minimum atomic E-state index is -1.15. The number of hydrogen-bond donors (Lipinski definition) is 3. The van der Waals surface area contributed by atoms with Crippen molar-refractivity contribution in [2.24, 2.45) is 11.7 Å². The van der Waals surface area contributed by atoms with Crippen LogP contribution in [0, 0.1) is 5.92 Å². The fourth-order valence-electron chi connectivity index (χ4n) is 1.20. The van der Waals surface area contributed by atoms with Crippen molar-refractivity contribution < 1.29 is 19.8 Å². The Hall–Kier alpha value is -1.10. The maximum absolute atomic E-state index is 10.7. The van der Waals surface area contributed by atoms with Gasteiger partial charge in [-0.1, -0.05) is 19.8 Å². The summed E-state index contributed by atoms with van der Waals surface area (Å²) in [6.45, 7) is 1.95. The van der Waals surface area contributed by atoms with Gasteiger partial charge in [0.1, 0.15) is 6.04 Å². The molecule has 0 aliphatic carbocycles. The lowest BCUT2D eigenvalue weighted by molar-refractivity contribution is -0.143. The monoisotopic (exact) mass is 203 g/mol. The summed E-state index contributed by atoms with van der Waals surface area (Å²) >= 11 is 0. The van der Waals surface area contributed by atoms with Crippen LogP contribution in [-0.4, -0.2) is 28.2 Å². The van der Waals surface area contributed by atoms with Gasteiger partial charge in [-0.25, -0.2) is 0 Å². The summed E-state index contributed by atoms with van der Waals surface area (Å²) in [5.41, 5.74) is 5.26. The maximum Gasteiger partial charge on any atom is 0.320 e. The van der Waals surface area contributed by atoms with Crippen molar-refractivity contribution >= 4 is 11.9 Å². The van der Waals surface area contributed by atoms with Crippen LogP contribution in [0.2, 0.25) is 0 Å². The average molecular weight is 203 g/mol. The van der Waals surface area contributed by atoms with Crippen molar-refractivity contribution in [3.05, 3.63) is 0 Å². The molecule has 0 aliphatic heterocycles. The van der Waals surface area contributed by atoms with E-state index in [-0.39, 0.29) is 6.42 Å². The highest BCUT2D eigenvalue weighted by Crippen LogP contribution is 2.14. The maximum atomic E-state index is 10.7. The van der Waals surface area contributed by atoms with Gasteiger partial charge < -0.3 is 15.9 Å². The molecule has 0 aromatic heterocycles. The van der Waals surface area contributed by atoms with E-state index in [2.05, 4.69) is 0 Å². The Morgan fingerprint density at radius 2 is 1.86 bits per heavy atom. The third kappa shape index (κ3) is 4.81. The first kappa shape index (κ1) is 12.9. The van der Waals surface area contributed by atoms with E-state index in [4.69, 9.17) is 15.9 Å². The third-order valence-corrected chi connectivity index (χ3v) is 2.11. The predicted octanol–water partition coefficient (Wildman–Crippen LogP) is 0.679. The zero-order valence-electron chi connectivity index (χ0n) is 8.27. The highest BCUT2D eigenvalue weighted by Gasteiger charge is 2.23. The summed E-state index contributed by atoms with van der Waals surface area (Å²) in [5, 5.41) is 17.3. The normalized spacial score (nSPS) is 14.7. The van der Waals surface area contributed by atoms with Gasteiger partial charge in [0.05, 0.1) is 5.92 Å². The topological polar surface area (TPSA) is 101 Å². The standard InChI is InChI=1S/C9H17NO4/c1-2-3-4-6(8(11)12)5-7(10)9(13)14/h6-7H,2-5,10H2,1H3,(H,11,12)(H,13,14)/t6?,7-/m1/s1. The van der Waals surface area contributed by atoms with E-state index in [0.29, 0.717) is 6.42 Å². The fourth-order valence-corrected chi connectivity index (χ4v) is 1.20. The van der Waals surface area contributed by atoms with E-state index < -0.39 is 23.9 Å². The molecule has 0 aromatic carbocycles. The van der Waals surface area contributed by atoms with Crippen LogP contribution >= 0.6 is 0 Å². The lowest BCUT2D eigenvalue weighted by Crippen LogP contribution is -2.34. The van der Waals surface area contributed by atoms with E-state index in [1.165, 1.54) is 0 Å².